The lowest BCUT2D eigenvalue weighted by Gasteiger charge is -2.62. The fourth-order valence-electron chi connectivity index (χ4n) is 9.43. The van der Waals surface area contributed by atoms with Gasteiger partial charge in [0.2, 0.25) is 0 Å². The molecular formula is C32H53NO5. The van der Waals surface area contributed by atoms with Gasteiger partial charge in [0.25, 0.3) is 0 Å². The standard InChI is InChI=1S/C32H53NO5/c1-21(2)8-7-9-22(3)25-10-11-26-31(25,5)16-14-27-30(4)15-13-24(20-23(30)12-17-32(26,27)36)38-19-18-33-28(34)29(35)37-6/h12,21-22,24-27,36H,7-11,13-20H2,1-6H3,(H,33,34)/t22-,24+,25-,26?,27?,30+,31-,32-/m1/s1. The van der Waals surface area contributed by atoms with Crippen molar-refractivity contribution in [3.63, 3.8) is 0 Å². The maximum absolute atomic E-state index is 12.5. The molecule has 3 saturated carbocycles. The van der Waals surface area contributed by atoms with Crippen LogP contribution in [0.1, 0.15) is 105 Å². The first-order valence-electron chi connectivity index (χ1n) is 15.3. The molecule has 0 aromatic rings. The number of carbonyl (C=O) groups is 2. The van der Waals surface area contributed by atoms with Gasteiger partial charge in [-0.1, -0.05) is 65.5 Å². The third-order valence-electron chi connectivity index (χ3n) is 11.4. The Balaban J connectivity index is 1.38. The molecule has 2 unspecified atom stereocenters. The minimum Gasteiger partial charge on any atom is -0.462 e. The van der Waals surface area contributed by atoms with E-state index >= 15 is 0 Å². The van der Waals surface area contributed by atoms with Crippen molar-refractivity contribution in [2.24, 2.45) is 40.4 Å². The molecule has 8 atom stereocenters. The third kappa shape index (κ3) is 5.46. The van der Waals surface area contributed by atoms with E-state index in [1.54, 1.807) is 0 Å². The van der Waals surface area contributed by atoms with Gasteiger partial charge in [0.1, 0.15) is 0 Å². The number of carbonyl (C=O) groups excluding carboxylic acids is 2. The average Bonchev–Trinajstić information content (AvgIpc) is 3.24. The van der Waals surface area contributed by atoms with Crippen LogP contribution in [0, 0.1) is 40.4 Å². The summed E-state index contributed by atoms with van der Waals surface area (Å²) in [6.07, 6.45) is 14.9. The lowest BCUT2D eigenvalue weighted by molar-refractivity contribution is -0.183. The van der Waals surface area contributed by atoms with E-state index in [1.807, 2.05) is 0 Å². The molecule has 6 nitrogen and oxygen atoms in total. The number of nitrogens with one attached hydrogen (secondary N) is 1. The molecule has 6 heteroatoms. The van der Waals surface area contributed by atoms with Crippen LogP contribution in [-0.2, 0) is 19.1 Å². The van der Waals surface area contributed by atoms with Crippen LogP contribution in [0.25, 0.3) is 0 Å². The van der Waals surface area contributed by atoms with Gasteiger partial charge in [0.15, 0.2) is 0 Å². The zero-order valence-corrected chi connectivity index (χ0v) is 24.8. The molecule has 0 heterocycles. The minimum absolute atomic E-state index is 0.0360. The lowest BCUT2D eigenvalue weighted by atomic mass is 9.45. The number of esters is 1. The fraction of sp³-hybridized carbons (Fsp3) is 0.875. The van der Waals surface area contributed by atoms with E-state index in [9.17, 15) is 14.7 Å². The predicted octanol–water partition coefficient (Wildman–Crippen LogP) is 5.82. The van der Waals surface area contributed by atoms with Crippen molar-refractivity contribution in [1.29, 1.82) is 0 Å². The zero-order chi connectivity index (χ0) is 27.7. The van der Waals surface area contributed by atoms with Gasteiger partial charge in [-0.2, -0.15) is 0 Å². The molecule has 0 aliphatic heterocycles. The molecule has 38 heavy (non-hydrogen) atoms. The molecule has 4 rings (SSSR count). The topological polar surface area (TPSA) is 84.9 Å². The summed E-state index contributed by atoms with van der Waals surface area (Å²) < 4.78 is 10.5. The van der Waals surface area contributed by atoms with Gasteiger partial charge in [0, 0.05) is 6.54 Å². The molecule has 0 radical (unpaired) electrons. The first kappa shape index (κ1) is 29.6. The van der Waals surface area contributed by atoms with Crippen LogP contribution in [0.5, 0.6) is 0 Å². The molecule has 4 aliphatic rings. The Bertz CT molecular complexity index is 900. The van der Waals surface area contributed by atoms with E-state index < -0.39 is 17.5 Å². The van der Waals surface area contributed by atoms with Crippen molar-refractivity contribution < 1.29 is 24.2 Å². The number of hydrogen-bond acceptors (Lipinski definition) is 5. The Morgan fingerprint density at radius 3 is 2.55 bits per heavy atom. The van der Waals surface area contributed by atoms with Crippen molar-refractivity contribution in [3.8, 4) is 0 Å². The fourth-order valence-corrected chi connectivity index (χ4v) is 9.43. The molecule has 0 aromatic heterocycles. The summed E-state index contributed by atoms with van der Waals surface area (Å²) in [6.45, 7) is 12.7. The highest BCUT2D eigenvalue weighted by Gasteiger charge is 2.65. The molecule has 0 aromatic carbocycles. The summed E-state index contributed by atoms with van der Waals surface area (Å²) in [5.41, 5.74) is 1.15. The van der Waals surface area contributed by atoms with Gasteiger partial charge >= 0.3 is 11.9 Å². The van der Waals surface area contributed by atoms with Crippen molar-refractivity contribution in [2.75, 3.05) is 20.3 Å². The number of fused-ring (bicyclic) bond motifs is 5. The van der Waals surface area contributed by atoms with Crippen LogP contribution in [-0.4, -0.2) is 48.9 Å². The minimum atomic E-state index is -0.879. The SMILES string of the molecule is COC(=O)C(=O)NCCO[C@H]1CC[C@@]2(C)C(=CC[C@]3(O)C2CC[C@@]2(C)C3CC[C@@H]2[C@H](C)CCCC(C)C)C1. The highest BCUT2D eigenvalue weighted by molar-refractivity contribution is 6.32. The summed E-state index contributed by atoms with van der Waals surface area (Å²) in [5.74, 6) is 1.35. The van der Waals surface area contributed by atoms with E-state index in [-0.39, 0.29) is 16.9 Å². The molecule has 4 aliphatic carbocycles. The van der Waals surface area contributed by atoms with E-state index in [0.29, 0.717) is 25.0 Å². The number of methoxy groups -OCH3 is 1. The number of ether oxygens (including phenoxy) is 2. The first-order chi connectivity index (χ1) is 18.0. The molecule has 216 valence electrons. The molecule has 2 N–H and O–H groups in total. The Morgan fingerprint density at radius 2 is 1.84 bits per heavy atom. The van der Waals surface area contributed by atoms with E-state index in [2.05, 4.69) is 50.7 Å². The van der Waals surface area contributed by atoms with E-state index in [1.165, 1.54) is 51.2 Å². The van der Waals surface area contributed by atoms with Crippen molar-refractivity contribution in [2.45, 2.75) is 117 Å². The maximum atomic E-state index is 12.5. The smallest absolute Gasteiger partial charge is 0.396 e. The maximum Gasteiger partial charge on any atom is 0.396 e. The summed E-state index contributed by atoms with van der Waals surface area (Å²) in [5, 5.41) is 15.0. The van der Waals surface area contributed by atoms with E-state index in [0.717, 1.165) is 49.9 Å². The second-order valence-corrected chi connectivity index (χ2v) is 14.0. The van der Waals surface area contributed by atoms with Gasteiger partial charge in [-0.25, -0.2) is 4.79 Å². The first-order valence-corrected chi connectivity index (χ1v) is 15.3. The molecule has 3 fully saturated rings. The third-order valence-corrected chi connectivity index (χ3v) is 11.4. The Labute approximate surface area is 230 Å². The van der Waals surface area contributed by atoms with Crippen molar-refractivity contribution >= 4 is 11.9 Å². The highest BCUT2D eigenvalue weighted by atomic mass is 16.5. The normalized spacial score (nSPS) is 39.0. The van der Waals surface area contributed by atoms with Crippen molar-refractivity contribution in [1.82, 2.24) is 5.32 Å². The number of aliphatic hydroxyl groups is 1. The largest absolute Gasteiger partial charge is 0.462 e. The second-order valence-electron chi connectivity index (χ2n) is 14.0. The van der Waals surface area contributed by atoms with Crippen LogP contribution >= 0.6 is 0 Å². The van der Waals surface area contributed by atoms with Crippen molar-refractivity contribution in [3.05, 3.63) is 11.6 Å². The van der Waals surface area contributed by atoms with Gasteiger partial charge in [-0.15, -0.1) is 0 Å². The molecule has 0 bridgehead atoms. The van der Waals surface area contributed by atoms with Crippen LogP contribution in [0.2, 0.25) is 0 Å². The Kier molecular flexibility index (Phi) is 9.03. The molecule has 1 amide bonds. The summed E-state index contributed by atoms with van der Waals surface area (Å²) in [4.78, 5) is 22.8. The zero-order valence-electron chi connectivity index (χ0n) is 24.8. The predicted molar refractivity (Wildman–Crippen MR) is 149 cm³/mol. The molecule has 0 saturated heterocycles. The van der Waals surface area contributed by atoms with Gasteiger partial charge in [-0.05, 0) is 91.8 Å². The molecule has 0 spiro atoms. The van der Waals surface area contributed by atoms with E-state index in [4.69, 9.17) is 4.74 Å². The molecular weight excluding hydrogens is 478 g/mol. The van der Waals surface area contributed by atoms with Gasteiger partial charge in [0.05, 0.1) is 25.4 Å². The summed E-state index contributed by atoms with van der Waals surface area (Å²) in [6, 6.07) is 0. The van der Waals surface area contributed by atoms with Crippen LogP contribution in [0.15, 0.2) is 11.6 Å². The van der Waals surface area contributed by atoms with Gasteiger partial charge < -0.3 is 19.9 Å². The highest BCUT2D eigenvalue weighted by Crippen LogP contribution is 2.68. The summed E-state index contributed by atoms with van der Waals surface area (Å²) in [7, 11) is 1.20. The number of rotatable bonds is 9. The van der Waals surface area contributed by atoms with Crippen LogP contribution in [0.4, 0.5) is 0 Å². The average molecular weight is 532 g/mol. The lowest BCUT2D eigenvalue weighted by Crippen LogP contribution is -2.61. The van der Waals surface area contributed by atoms with Crippen LogP contribution in [0.3, 0.4) is 0 Å². The summed E-state index contributed by atoms with van der Waals surface area (Å²) >= 11 is 0. The number of amides is 1. The monoisotopic (exact) mass is 531 g/mol. The second kappa shape index (κ2) is 11.6. The van der Waals surface area contributed by atoms with Crippen LogP contribution < -0.4 is 5.32 Å². The Morgan fingerprint density at radius 1 is 1.08 bits per heavy atom. The Hall–Kier alpha value is -1.40. The van der Waals surface area contributed by atoms with Gasteiger partial charge in [-0.3, -0.25) is 4.79 Å². The number of hydrogen-bond donors (Lipinski definition) is 2. The quantitative estimate of drug-likeness (QED) is 0.170.